The number of amides is 1. The number of ether oxygens (including phenoxy) is 1. The van der Waals surface area contributed by atoms with Crippen LogP contribution in [0.3, 0.4) is 0 Å². The van der Waals surface area contributed by atoms with Gasteiger partial charge in [0, 0.05) is 17.8 Å². The molecule has 0 spiro atoms. The molecule has 0 heterocycles. The molecule has 0 fully saturated rings. The number of rotatable bonds is 11. The Morgan fingerprint density at radius 2 is 1.67 bits per heavy atom. The van der Waals surface area contributed by atoms with Gasteiger partial charge >= 0.3 is 0 Å². The lowest BCUT2D eigenvalue weighted by Crippen LogP contribution is -2.31. The van der Waals surface area contributed by atoms with Gasteiger partial charge in [-0.1, -0.05) is 73.7 Å². The van der Waals surface area contributed by atoms with Crippen molar-refractivity contribution in [3.8, 4) is 5.75 Å². The lowest BCUT2D eigenvalue weighted by atomic mass is 10.0. The lowest BCUT2D eigenvalue weighted by molar-refractivity contribution is -0.115. The predicted octanol–water partition coefficient (Wildman–Crippen LogP) is 5.38. The summed E-state index contributed by atoms with van der Waals surface area (Å²) in [5.41, 5.74) is 3.25. The fourth-order valence-electron chi connectivity index (χ4n) is 3.38. The third-order valence-corrected chi connectivity index (χ3v) is 4.96. The van der Waals surface area contributed by atoms with Crippen LogP contribution < -0.4 is 15.4 Å². The topological polar surface area (TPSA) is 50.4 Å². The summed E-state index contributed by atoms with van der Waals surface area (Å²) in [4.78, 5) is 12.4. The first-order chi connectivity index (χ1) is 14.7. The van der Waals surface area contributed by atoms with E-state index in [4.69, 9.17) is 4.74 Å². The molecule has 1 amide bonds. The molecule has 0 aliphatic rings. The first-order valence-electron chi connectivity index (χ1n) is 10.6. The van der Waals surface area contributed by atoms with Crippen LogP contribution in [0.2, 0.25) is 0 Å². The molecule has 1 unspecified atom stereocenters. The Hall–Kier alpha value is -3.11. The third-order valence-electron chi connectivity index (χ3n) is 4.96. The van der Waals surface area contributed by atoms with Crippen molar-refractivity contribution in [2.75, 3.05) is 18.5 Å². The largest absolute Gasteiger partial charge is 0.494 e. The molecule has 0 aliphatic carbocycles. The highest BCUT2D eigenvalue weighted by Crippen LogP contribution is 2.18. The Bertz CT molecular complexity index is 897. The number of anilines is 1. The SMILES string of the molecule is CCC(NCC(=O)Nc1cccc(OCCCc2ccccc2)c1)c1ccccc1. The molecule has 0 saturated carbocycles. The summed E-state index contributed by atoms with van der Waals surface area (Å²) in [6, 6.07) is 28.3. The Balaban J connectivity index is 1.43. The van der Waals surface area contributed by atoms with Gasteiger partial charge in [-0.15, -0.1) is 0 Å². The molecular weight excluding hydrogens is 372 g/mol. The zero-order valence-corrected chi connectivity index (χ0v) is 17.5. The van der Waals surface area contributed by atoms with Crippen LogP contribution in [-0.4, -0.2) is 19.1 Å². The molecule has 0 aromatic heterocycles. The summed E-state index contributed by atoms with van der Waals surface area (Å²) >= 11 is 0. The van der Waals surface area contributed by atoms with E-state index in [-0.39, 0.29) is 18.5 Å². The first kappa shape index (κ1) is 21.6. The zero-order valence-electron chi connectivity index (χ0n) is 17.5. The standard InChI is InChI=1S/C26H30N2O2/c1-2-25(22-14-7-4-8-15-22)27-20-26(29)28-23-16-9-17-24(19-23)30-18-10-13-21-11-5-3-6-12-21/h3-9,11-12,14-17,19,25,27H,2,10,13,18,20H2,1H3,(H,28,29). The van der Waals surface area contributed by atoms with Crippen molar-refractivity contribution >= 4 is 11.6 Å². The Labute approximate surface area is 179 Å². The average Bonchev–Trinajstić information content (AvgIpc) is 2.79. The highest BCUT2D eigenvalue weighted by molar-refractivity contribution is 5.92. The van der Waals surface area contributed by atoms with Crippen LogP contribution in [0.5, 0.6) is 5.75 Å². The smallest absolute Gasteiger partial charge is 0.238 e. The molecule has 30 heavy (non-hydrogen) atoms. The molecule has 0 radical (unpaired) electrons. The normalized spacial score (nSPS) is 11.6. The van der Waals surface area contributed by atoms with Gasteiger partial charge in [0.15, 0.2) is 0 Å². The summed E-state index contributed by atoms with van der Waals surface area (Å²) in [6.45, 7) is 3.01. The van der Waals surface area contributed by atoms with E-state index in [0.717, 1.165) is 30.7 Å². The number of nitrogens with one attached hydrogen (secondary N) is 2. The summed E-state index contributed by atoms with van der Waals surface area (Å²) < 4.78 is 5.86. The van der Waals surface area contributed by atoms with Crippen molar-refractivity contribution in [2.24, 2.45) is 0 Å². The Morgan fingerprint density at radius 1 is 0.933 bits per heavy atom. The monoisotopic (exact) mass is 402 g/mol. The second-order valence-electron chi connectivity index (χ2n) is 7.27. The van der Waals surface area contributed by atoms with E-state index >= 15 is 0 Å². The van der Waals surface area contributed by atoms with Gasteiger partial charge < -0.3 is 15.4 Å². The number of carbonyl (C=O) groups is 1. The predicted molar refractivity (Wildman–Crippen MR) is 123 cm³/mol. The highest BCUT2D eigenvalue weighted by Gasteiger charge is 2.10. The molecule has 3 aromatic rings. The minimum Gasteiger partial charge on any atom is -0.494 e. The van der Waals surface area contributed by atoms with Crippen molar-refractivity contribution in [3.63, 3.8) is 0 Å². The van der Waals surface area contributed by atoms with E-state index in [1.807, 2.05) is 48.5 Å². The van der Waals surface area contributed by atoms with Gasteiger partial charge in [0.1, 0.15) is 5.75 Å². The molecule has 4 heteroatoms. The minimum atomic E-state index is -0.0643. The molecule has 0 saturated heterocycles. The fraction of sp³-hybridized carbons (Fsp3) is 0.269. The number of hydrogen-bond acceptors (Lipinski definition) is 3. The second kappa shape index (κ2) is 11.8. The summed E-state index contributed by atoms with van der Waals surface area (Å²) in [5, 5.41) is 6.28. The van der Waals surface area contributed by atoms with Crippen molar-refractivity contribution in [3.05, 3.63) is 96.1 Å². The van der Waals surface area contributed by atoms with Gasteiger partial charge in [-0.2, -0.15) is 0 Å². The summed E-state index contributed by atoms with van der Waals surface area (Å²) in [7, 11) is 0. The van der Waals surface area contributed by atoms with Gasteiger partial charge in [0.25, 0.3) is 0 Å². The summed E-state index contributed by atoms with van der Waals surface area (Å²) in [5.74, 6) is 0.704. The fourth-order valence-corrected chi connectivity index (χ4v) is 3.38. The Kier molecular flexibility index (Phi) is 8.48. The number of hydrogen-bond donors (Lipinski definition) is 2. The van der Waals surface area contributed by atoms with Gasteiger partial charge in [0.2, 0.25) is 5.91 Å². The molecule has 0 bridgehead atoms. The van der Waals surface area contributed by atoms with Crippen LogP contribution in [0.4, 0.5) is 5.69 Å². The lowest BCUT2D eigenvalue weighted by Gasteiger charge is -2.17. The maximum absolute atomic E-state index is 12.4. The summed E-state index contributed by atoms with van der Waals surface area (Å²) in [6.07, 6.45) is 2.86. The van der Waals surface area contributed by atoms with Crippen molar-refractivity contribution < 1.29 is 9.53 Å². The average molecular weight is 403 g/mol. The van der Waals surface area contributed by atoms with Crippen molar-refractivity contribution in [1.82, 2.24) is 5.32 Å². The molecule has 3 aromatic carbocycles. The highest BCUT2D eigenvalue weighted by atomic mass is 16.5. The van der Waals surface area contributed by atoms with E-state index in [2.05, 4.69) is 54.0 Å². The third kappa shape index (κ3) is 7.05. The zero-order chi connectivity index (χ0) is 21.0. The molecular formula is C26H30N2O2. The van der Waals surface area contributed by atoms with Gasteiger partial charge in [-0.3, -0.25) is 4.79 Å². The maximum Gasteiger partial charge on any atom is 0.238 e. The number of carbonyl (C=O) groups excluding carboxylic acids is 1. The molecule has 156 valence electrons. The molecule has 2 N–H and O–H groups in total. The van der Waals surface area contributed by atoms with E-state index in [1.165, 1.54) is 11.1 Å². The second-order valence-corrected chi connectivity index (χ2v) is 7.27. The van der Waals surface area contributed by atoms with Crippen molar-refractivity contribution in [1.29, 1.82) is 0 Å². The van der Waals surface area contributed by atoms with Crippen molar-refractivity contribution in [2.45, 2.75) is 32.2 Å². The first-order valence-corrected chi connectivity index (χ1v) is 10.6. The molecule has 0 aliphatic heterocycles. The van der Waals surface area contributed by atoms with Crippen LogP contribution in [0.25, 0.3) is 0 Å². The van der Waals surface area contributed by atoms with Gasteiger partial charge in [-0.25, -0.2) is 0 Å². The van der Waals surface area contributed by atoms with E-state index in [1.54, 1.807) is 0 Å². The van der Waals surface area contributed by atoms with E-state index in [9.17, 15) is 4.79 Å². The van der Waals surface area contributed by atoms with Gasteiger partial charge in [-0.05, 0) is 42.5 Å². The maximum atomic E-state index is 12.4. The molecule has 3 rings (SSSR count). The van der Waals surface area contributed by atoms with Crippen LogP contribution in [0.1, 0.15) is 36.9 Å². The molecule has 1 atom stereocenters. The number of benzene rings is 3. The van der Waals surface area contributed by atoms with E-state index in [0.29, 0.717) is 6.61 Å². The van der Waals surface area contributed by atoms with E-state index < -0.39 is 0 Å². The molecule has 4 nitrogen and oxygen atoms in total. The van der Waals surface area contributed by atoms with Crippen LogP contribution in [-0.2, 0) is 11.2 Å². The number of aryl methyl sites for hydroxylation is 1. The Morgan fingerprint density at radius 3 is 2.40 bits per heavy atom. The quantitative estimate of drug-likeness (QED) is 0.424. The van der Waals surface area contributed by atoms with Crippen LogP contribution in [0.15, 0.2) is 84.9 Å². The van der Waals surface area contributed by atoms with Crippen LogP contribution >= 0.6 is 0 Å². The minimum absolute atomic E-state index is 0.0643. The van der Waals surface area contributed by atoms with Gasteiger partial charge in [0.05, 0.1) is 13.2 Å². The van der Waals surface area contributed by atoms with Crippen LogP contribution in [0, 0.1) is 0 Å².